The van der Waals surface area contributed by atoms with Gasteiger partial charge in [-0.1, -0.05) is 24.2 Å². The van der Waals surface area contributed by atoms with E-state index in [1.807, 2.05) is 6.92 Å². The molecule has 1 aromatic carbocycles. The number of rotatable bonds is 5. The second-order valence-corrected chi connectivity index (χ2v) is 4.38. The predicted octanol–water partition coefficient (Wildman–Crippen LogP) is 3.29. The number of nitrogens with one attached hydrogen (secondary N) is 1. The number of non-ortho nitro benzene ring substituents is 1. The van der Waals surface area contributed by atoms with Crippen molar-refractivity contribution in [2.75, 3.05) is 5.32 Å². The second-order valence-electron chi connectivity index (χ2n) is 4.02. The molecule has 0 atom stereocenters. The van der Waals surface area contributed by atoms with E-state index in [1.165, 1.54) is 18.3 Å². The molecule has 0 saturated carbocycles. The number of allylic oxidation sites excluding steroid dienone is 2. The molecule has 0 heterocycles. The van der Waals surface area contributed by atoms with Gasteiger partial charge in [-0.05, 0) is 19.4 Å². The number of halogens is 1. The van der Waals surface area contributed by atoms with E-state index in [4.69, 9.17) is 17.3 Å². The van der Waals surface area contributed by atoms with Crippen molar-refractivity contribution < 1.29 is 4.92 Å². The molecule has 0 aromatic heterocycles. The summed E-state index contributed by atoms with van der Waals surface area (Å²) in [6, 6.07) is 4.53. The lowest BCUT2D eigenvalue weighted by molar-refractivity contribution is -0.384. The predicted molar refractivity (Wildman–Crippen MR) is 81.8 cm³/mol. The number of aliphatic imine (C=N–C) groups is 1. The van der Waals surface area contributed by atoms with Gasteiger partial charge in [0.05, 0.1) is 10.6 Å². The highest BCUT2D eigenvalue weighted by Crippen LogP contribution is 2.23. The van der Waals surface area contributed by atoms with Crippen molar-refractivity contribution in [2.24, 2.45) is 10.7 Å². The number of nitro groups is 1. The van der Waals surface area contributed by atoms with Crippen LogP contribution in [0.15, 0.2) is 47.4 Å². The van der Waals surface area contributed by atoms with Crippen LogP contribution in [-0.2, 0) is 0 Å². The molecular weight excluding hydrogens is 280 g/mol. The highest BCUT2D eigenvalue weighted by atomic mass is 35.5. The number of anilines is 1. The maximum atomic E-state index is 10.8. The minimum absolute atomic E-state index is 0.00433. The molecule has 0 unspecified atom stereocenters. The minimum atomic E-state index is -0.459. The summed E-state index contributed by atoms with van der Waals surface area (Å²) in [5, 5.41) is 13.9. The van der Waals surface area contributed by atoms with E-state index < -0.39 is 4.92 Å². The Bertz CT molecular complexity index is 608. The van der Waals surface area contributed by atoms with E-state index in [9.17, 15) is 10.1 Å². The van der Waals surface area contributed by atoms with Gasteiger partial charge in [-0.3, -0.25) is 10.1 Å². The Morgan fingerprint density at radius 2 is 2.25 bits per heavy atom. The monoisotopic (exact) mass is 294 g/mol. The van der Waals surface area contributed by atoms with Crippen molar-refractivity contribution in [3.63, 3.8) is 0 Å². The van der Waals surface area contributed by atoms with E-state index in [1.54, 1.807) is 13.0 Å². The fraction of sp³-hybridized carbons (Fsp3) is 0.154. The van der Waals surface area contributed by atoms with Crippen LogP contribution in [0.4, 0.5) is 11.4 Å². The van der Waals surface area contributed by atoms with Gasteiger partial charge in [-0.15, -0.1) is 0 Å². The summed E-state index contributed by atoms with van der Waals surface area (Å²) in [6.45, 7) is 6.96. The molecule has 0 spiro atoms. The summed E-state index contributed by atoms with van der Waals surface area (Å²) in [7, 11) is 0. The molecule has 1 rings (SSSR count). The molecule has 0 radical (unpaired) electrons. The number of nitro benzene ring substituents is 1. The van der Waals surface area contributed by atoms with Crippen LogP contribution in [0.2, 0.25) is 0 Å². The number of benzene rings is 1. The van der Waals surface area contributed by atoms with Gasteiger partial charge in [-0.2, -0.15) is 0 Å². The Kier molecular flexibility index (Phi) is 5.28. The fourth-order valence-electron chi connectivity index (χ4n) is 1.43. The zero-order valence-corrected chi connectivity index (χ0v) is 11.9. The molecule has 0 bridgehead atoms. The van der Waals surface area contributed by atoms with E-state index in [0.29, 0.717) is 11.4 Å². The number of hydrogen-bond acceptors (Lipinski definition) is 5. The van der Waals surface area contributed by atoms with Gasteiger partial charge in [0, 0.05) is 29.7 Å². The van der Waals surface area contributed by atoms with Gasteiger partial charge in [0.15, 0.2) is 5.17 Å². The molecule has 20 heavy (non-hydrogen) atoms. The standard InChI is InChI=1S/C13H15ClN4O2/c1-4-16-13(14)12(15)9(3)17-11-7-10(18(19)20)6-5-8(11)2/h4-7,17H,1,15H2,2-3H3/b12-9-,16-13?. The molecule has 0 saturated heterocycles. The van der Waals surface area contributed by atoms with Gasteiger partial charge >= 0.3 is 0 Å². The van der Waals surface area contributed by atoms with Gasteiger partial charge in [-0.25, -0.2) is 4.99 Å². The Balaban J connectivity index is 3.12. The summed E-state index contributed by atoms with van der Waals surface area (Å²) in [5.41, 5.74) is 8.04. The lowest BCUT2D eigenvalue weighted by Crippen LogP contribution is -2.13. The van der Waals surface area contributed by atoms with Crippen molar-refractivity contribution in [1.82, 2.24) is 0 Å². The number of aryl methyl sites for hydroxylation is 1. The van der Waals surface area contributed by atoms with Crippen LogP contribution in [0.3, 0.4) is 0 Å². The van der Waals surface area contributed by atoms with Gasteiger partial charge in [0.2, 0.25) is 0 Å². The highest BCUT2D eigenvalue weighted by molar-refractivity contribution is 6.69. The molecule has 0 aliphatic carbocycles. The number of hydrogen-bond donors (Lipinski definition) is 2. The third-order valence-electron chi connectivity index (χ3n) is 2.59. The van der Waals surface area contributed by atoms with Crippen LogP contribution >= 0.6 is 11.6 Å². The van der Waals surface area contributed by atoms with Crippen molar-refractivity contribution >= 4 is 28.1 Å². The highest BCUT2D eigenvalue weighted by Gasteiger charge is 2.10. The van der Waals surface area contributed by atoms with E-state index in [-0.39, 0.29) is 16.6 Å². The summed E-state index contributed by atoms with van der Waals surface area (Å²) in [6.07, 6.45) is 1.28. The van der Waals surface area contributed by atoms with E-state index in [0.717, 1.165) is 5.56 Å². The Morgan fingerprint density at radius 1 is 1.60 bits per heavy atom. The first kappa shape index (κ1) is 15.7. The van der Waals surface area contributed by atoms with Gasteiger partial charge in [0.1, 0.15) is 0 Å². The van der Waals surface area contributed by atoms with Crippen LogP contribution < -0.4 is 11.1 Å². The zero-order valence-electron chi connectivity index (χ0n) is 11.2. The minimum Gasteiger partial charge on any atom is -0.395 e. The lowest BCUT2D eigenvalue weighted by atomic mass is 10.1. The third-order valence-corrected chi connectivity index (χ3v) is 2.89. The molecule has 3 N–H and O–H groups in total. The summed E-state index contributed by atoms with van der Waals surface area (Å²) >= 11 is 5.86. The number of nitrogens with two attached hydrogens (primary N) is 1. The number of nitrogens with zero attached hydrogens (tertiary/aromatic N) is 2. The SMILES string of the molecule is C=CN=C(Cl)/C(N)=C(\C)Nc1cc([N+](=O)[O-])ccc1C. The summed E-state index contributed by atoms with van der Waals surface area (Å²) < 4.78 is 0. The maximum Gasteiger partial charge on any atom is 0.271 e. The molecule has 0 fully saturated rings. The van der Waals surface area contributed by atoms with Crippen molar-refractivity contribution in [3.8, 4) is 0 Å². The topological polar surface area (TPSA) is 93.5 Å². The van der Waals surface area contributed by atoms with Crippen LogP contribution in [0.1, 0.15) is 12.5 Å². The first-order chi connectivity index (χ1) is 9.36. The van der Waals surface area contributed by atoms with Crippen LogP contribution in [0.5, 0.6) is 0 Å². The summed E-state index contributed by atoms with van der Waals surface area (Å²) in [4.78, 5) is 14.1. The average Bonchev–Trinajstić information content (AvgIpc) is 2.40. The third kappa shape index (κ3) is 3.83. The van der Waals surface area contributed by atoms with E-state index in [2.05, 4.69) is 16.9 Å². The van der Waals surface area contributed by atoms with Crippen LogP contribution in [-0.4, -0.2) is 10.1 Å². The van der Waals surface area contributed by atoms with Crippen LogP contribution in [0.25, 0.3) is 0 Å². The van der Waals surface area contributed by atoms with Crippen molar-refractivity contribution in [2.45, 2.75) is 13.8 Å². The molecule has 0 amide bonds. The molecule has 7 heteroatoms. The molecule has 0 aliphatic heterocycles. The molecule has 1 aromatic rings. The Labute approximate surface area is 121 Å². The van der Waals surface area contributed by atoms with Crippen molar-refractivity contribution in [1.29, 1.82) is 0 Å². The van der Waals surface area contributed by atoms with Gasteiger partial charge < -0.3 is 11.1 Å². The zero-order chi connectivity index (χ0) is 15.3. The molecule has 0 aliphatic rings. The largest absolute Gasteiger partial charge is 0.395 e. The van der Waals surface area contributed by atoms with Gasteiger partial charge in [0.25, 0.3) is 5.69 Å². The second kappa shape index (κ2) is 6.72. The van der Waals surface area contributed by atoms with Crippen molar-refractivity contribution in [3.05, 3.63) is 58.0 Å². The van der Waals surface area contributed by atoms with Crippen LogP contribution in [0, 0.1) is 17.0 Å². The molecule has 106 valence electrons. The summed E-state index contributed by atoms with van der Waals surface area (Å²) in [5.74, 6) is 0. The Morgan fingerprint density at radius 3 is 2.80 bits per heavy atom. The van der Waals surface area contributed by atoms with E-state index >= 15 is 0 Å². The first-order valence-corrected chi connectivity index (χ1v) is 6.07. The lowest BCUT2D eigenvalue weighted by Gasteiger charge is -2.12. The smallest absolute Gasteiger partial charge is 0.271 e. The normalized spacial score (nSPS) is 12.7. The average molecular weight is 295 g/mol. The Hall–Kier alpha value is -2.34. The molecular formula is C13H15ClN4O2. The fourth-order valence-corrected chi connectivity index (χ4v) is 1.64. The quantitative estimate of drug-likeness (QED) is 0.495. The molecule has 6 nitrogen and oxygen atoms in total. The first-order valence-electron chi connectivity index (χ1n) is 5.69. The maximum absolute atomic E-state index is 10.8.